The molecule has 88 valence electrons. The third-order valence-electron chi connectivity index (χ3n) is 3.32. The molecule has 2 atom stereocenters. The van der Waals surface area contributed by atoms with Crippen LogP contribution in [0.3, 0.4) is 0 Å². The minimum atomic E-state index is -0.287. The van der Waals surface area contributed by atoms with Crippen molar-refractivity contribution in [2.75, 3.05) is 5.75 Å². The first-order valence-corrected chi connectivity index (χ1v) is 7.10. The van der Waals surface area contributed by atoms with E-state index in [1.165, 1.54) is 29.7 Å². The van der Waals surface area contributed by atoms with Gasteiger partial charge in [0.05, 0.1) is 6.10 Å². The van der Waals surface area contributed by atoms with Gasteiger partial charge < -0.3 is 5.11 Å². The molecule has 0 radical (unpaired) electrons. The third kappa shape index (κ3) is 2.61. The molecule has 2 unspecified atom stereocenters. The van der Waals surface area contributed by atoms with E-state index in [2.05, 4.69) is 32.0 Å². The zero-order valence-corrected chi connectivity index (χ0v) is 10.9. The van der Waals surface area contributed by atoms with Crippen LogP contribution in [0.2, 0.25) is 0 Å². The number of benzene rings is 1. The summed E-state index contributed by atoms with van der Waals surface area (Å²) in [7, 11) is 0. The zero-order chi connectivity index (χ0) is 11.5. The Hall–Kier alpha value is -0.470. The normalized spacial score (nSPS) is 23.1. The Balaban J connectivity index is 2.18. The molecule has 0 aromatic heterocycles. The van der Waals surface area contributed by atoms with Gasteiger partial charge in [0, 0.05) is 5.25 Å². The van der Waals surface area contributed by atoms with Gasteiger partial charge in [0.1, 0.15) is 0 Å². The van der Waals surface area contributed by atoms with Gasteiger partial charge in [-0.05, 0) is 43.6 Å². The zero-order valence-electron chi connectivity index (χ0n) is 10.1. The van der Waals surface area contributed by atoms with Crippen LogP contribution in [-0.2, 0) is 0 Å². The molecule has 2 rings (SSSR count). The fourth-order valence-corrected chi connectivity index (χ4v) is 3.63. The van der Waals surface area contributed by atoms with E-state index in [-0.39, 0.29) is 6.10 Å². The number of hydrogen-bond donors (Lipinski definition) is 1. The fourth-order valence-electron chi connectivity index (χ4n) is 2.29. The summed E-state index contributed by atoms with van der Waals surface area (Å²) in [5.74, 6) is 1.20. The minimum absolute atomic E-state index is 0.287. The lowest BCUT2D eigenvalue weighted by Gasteiger charge is -2.27. The maximum atomic E-state index is 10.4. The fraction of sp³-hybridized carbons (Fsp3) is 0.571. The minimum Gasteiger partial charge on any atom is -0.387 e. The first-order chi connectivity index (χ1) is 7.68. The molecule has 1 aliphatic heterocycles. The molecule has 0 saturated carbocycles. The van der Waals surface area contributed by atoms with Crippen molar-refractivity contribution in [1.82, 2.24) is 0 Å². The number of hydrogen-bond acceptors (Lipinski definition) is 2. The lowest BCUT2D eigenvalue weighted by atomic mass is 9.96. The second kappa shape index (κ2) is 5.24. The van der Waals surface area contributed by atoms with Crippen molar-refractivity contribution >= 4 is 11.8 Å². The van der Waals surface area contributed by atoms with Gasteiger partial charge in [-0.15, -0.1) is 0 Å². The van der Waals surface area contributed by atoms with Crippen molar-refractivity contribution < 1.29 is 5.11 Å². The van der Waals surface area contributed by atoms with Crippen molar-refractivity contribution in [3.63, 3.8) is 0 Å². The maximum absolute atomic E-state index is 10.4. The van der Waals surface area contributed by atoms with Gasteiger partial charge in [-0.2, -0.15) is 11.8 Å². The van der Waals surface area contributed by atoms with Crippen LogP contribution >= 0.6 is 11.8 Å². The smallest absolute Gasteiger partial charge is 0.0911 e. The molecule has 1 aromatic rings. The number of aliphatic hydroxyl groups is 1. The van der Waals surface area contributed by atoms with E-state index in [4.69, 9.17) is 0 Å². The van der Waals surface area contributed by atoms with E-state index in [0.717, 1.165) is 12.0 Å². The Bertz CT molecular complexity index is 356. The van der Waals surface area contributed by atoms with E-state index in [0.29, 0.717) is 5.25 Å². The molecular weight excluding hydrogens is 216 g/mol. The van der Waals surface area contributed by atoms with E-state index < -0.39 is 0 Å². The van der Waals surface area contributed by atoms with E-state index in [1.54, 1.807) is 0 Å². The molecule has 0 spiro atoms. The molecule has 16 heavy (non-hydrogen) atoms. The van der Waals surface area contributed by atoms with E-state index in [9.17, 15) is 5.11 Å². The molecule has 1 nitrogen and oxygen atoms in total. The summed E-state index contributed by atoms with van der Waals surface area (Å²) in [6, 6.07) is 6.36. The largest absolute Gasteiger partial charge is 0.387 e. The summed E-state index contributed by atoms with van der Waals surface area (Å²) >= 11 is 1.93. The van der Waals surface area contributed by atoms with Crippen molar-refractivity contribution in [1.29, 1.82) is 0 Å². The number of aryl methyl sites for hydroxylation is 2. The van der Waals surface area contributed by atoms with Gasteiger partial charge in [0.2, 0.25) is 0 Å². The average Bonchev–Trinajstić information content (AvgIpc) is 2.32. The highest BCUT2D eigenvalue weighted by Crippen LogP contribution is 2.35. The maximum Gasteiger partial charge on any atom is 0.0911 e. The molecule has 1 fully saturated rings. The van der Waals surface area contributed by atoms with E-state index in [1.807, 2.05) is 11.8 Å². The van der Waals surface area contributed by atoms with Crippen molar-refractivity contribution in [3.05, 3.63) is 34.9 Å². The van der Waals surface area contributed by atoms with Crippen molar-refractivity contribution in [2.24, 2.45) is 0 Å². The molecular formula is C14H20OS. The lowest BCUT2D eigenvalue weighted by molar-refractivity contribution is 0.168. The van der Waals surface area contributed by atoms with Crippen LogP contribution in [0.25, 0.3) is 0 Å². The van der Waals surface area contributed by atoms with E-state index >= 15 is 0 Å². The number of thioether (sulfide) groups is 1. The second-order valence-electron chi connectivity index (χ2n) is 4.71. The van der Waals surface area contributed by atoms with Crippen LogP contribution < -0.4 is 0 Å². The number of rotatable bonds is 2. The quantitative estimate of drug-likeness (QED) is 0.846. The predicted molar refractivity (Wildman–Crippen MR) is 71.0 cm³/mol. The van der Waals surface area contributed by atoms with Gasteiger partial charge in [-0.1, -0.05) is 30.2 Å². The van der Waals surface area contributed by atoms with Crippen LogP contribution in [0.4, 0.5) is 0 Å². The highest BCUT2D eigenvalue weighted by molar-refractivity contribution is 7.99. The second-order valence-corrected chi connectivity index (χ2v) is 6.06. The molecule has 0 amide bonds. The summed E-state index contributed by atoms with van der Waals surface area (Å²) in [6.07, 6.45) is 3.43. The summed E-state index contributed by atoms with van der Waals surface area (Å²) in [4.78, 5) is 0. The van der Waals surface area contributed by atoms with Crippen LogP contribution in [0, 0.1) is 13.8 Å². The molecule has 1 heterocycles. The molecule has 2 heteroatoms. The molecule has 1 saturated heterocycles. The van der Waals surface area contributed by atoms with Crippen LogP contribution in [0.1, 0.15) is 42.1 Å². The predicted octanol–water partition coefficient (Wildman–Crippen LogP) is 3.62. The standard InChI is InChI=1S/C14H20OS/c1-10-6-7-11(2)12(9-10)14(15)13-5-3-4-8-16-13/h6-7,9,13-15H,3-5,8H2,1-2H3. The first-order valence-electron chi connectivity index (χ1n) is 6.05. The number of aliphatic hydroxyl groups excluding tert-OH is 1. The highest BCUT2D eigenvalue weighted by atomic mass is 32.2. The van der Waals surface area contributed by atoms with Gasteiger partial charge in [0.15, 0.2) is 0 Å². The van der Waals surface area contributed by atoms with Gasteiger partial charge in [-0.3, -0.25) is 0 Å². The van der Waals surface area contributed by atoms with Gasteiger partial charge in [0.25, 0.3) is 0 Å². The van der Waals surface area contributed by atoms with Crippen LogP contribution in [0.5, 0.6) is 0 Å². The Morgan fingerprint density at radius 2 is 2.12 bits per heavy atom. The Morgan fingerprint density at radius 3 is 2.81 bits per heavy atom. The topological polar surface area (TPSA) is 20.2 Å². The first kappa shape index (κ1) is 12.0. The summed E-state index contributed by atoms with van der Waals surface area (Å²) in [5.41, 5.74) is 3.57. The Labute approximate surface area is 102 Å². The monoisotopic (exact) mass is 236 g/mol. The van der Waals surface area contributed by atoms with Crippen molar-refractivity contribution in [3.8, 4) is 0 Å². The summed E-state index contributed by atoms with van der Waals surface area (Å²) in [5, 5.41) is 10.8. The SMILES string of the molecule is Cc1ccc(C)c(C(O)C2CCCCS2)c1. The Kier molecular flexibility index (Phi) is 3.93. The molecule has 0 bridgehead atoms. The molecule has 0 aliphatic carbocycles. The van der Waals surface area contributed by atoms with Gasteiger partial charge in [-0.25, -0.2) is 0 Å². The van der Waals surface area contributed by atoms with Crippen LogP contribution in [-0.4, -0.2) is 16.1 Å². The van der Waals surface area contributed by atoms with Crippen molar-refractivity contribution in [2.45, 2.75) is 44.5 Å². The van der Waals surface area contributed by atoms with Crippen LogP contribution in [0.15, 0.2) is 18.2 Å². The molecule has 1 aromatic carbocycles. The lowest BCUT2D eigenvalue weighted by Crippen LogP contribution is -2.19. The Morgan fingerprint density at radius 1 is 1.31 bits per heavy atom. The summed E-state index contributed by atoms with van der Waals surface area (Å²) in [6.45, 7) is 4.18. The molecule has 1 aliphatic rings. The van der Waals surface area contributed by atoms with Gasteiger partial charge >= 0.3 is 0 Å². The average molecular weight is 236 g/mol. The molecule has 1 N–H and O–H groups in total. The third-order valence-corrected chi connectivity index (χ3v) is 4.77. The summed E-state index contributed by atoms with van der Waals surface area (Å²) < 4.78 is 0. The highest BCUT2D eigenvalue weighted by Gasteiger charge is 2.24.